The van der Waals surface area contributed by atoms with Crippen LogP contribution < -0.4 is 15.8 Å². The maximum Gasteiger partial charge on any atom is 0.255 e. The number of para-hydroxylation sites is 1. The smallest absolute Gasteiger partial charge is 0.255 e. The molecule has 0 radical (unpaired) electrons. The number of aromatic hydroxyl groups is 1. The number of amides is 2. The molecule has 0 aliphatic heterocycles. The van der Waals surface area contributed by atoms with Crippen LogP contribution in [0.5, 0.6) is 11.5 Å². The Kier molecular flexibility index (Phi) is 3.92. The van der Waals surface area contributed by atoms with E-state index in [0.717, 1.165) is 0 Å². The van der Waals surface area contributed by atoms with E-state index in [-0.39, 0.29) is 17.1 Å². The Balaban J connectivity index is 2.93. The van der Waals surface area contributed by atoms with Gasteiger partial charge in [-0.1, -0.05) is 6.07 Å². The van der Waals surface area contributed by atoms with E-state index in [1.54, 1.807) is 6.07 Å². The van der Waals surface area contributed by atoms with Crippen LogP contribution >= 0.6 is 0 Å². The molecule has 1 aromatic carbocycles. The number of phenols is 1. The zero-order chi connectivity index (χ0) is 13.0. The lowest BCUT2D eigenvalue weighted by Gasteiger charge is -2.12. The Labute approximate surface area is 98.4 Å². The lowest BCUT2D eigenvalue weighted by atomic mass is 10.1. The minimum atomic E-state index is -0.812. The number of benzene rings is 1. The van der Waals surface area contributed by atoms with Gasteiger partial charge in [0.25, 0.3) is 5.91 Å². The number of methoxy groups -OCH3 is 1. The molecule has 0 heterocycles. The molecular weight excluding hydrogens is 224 g/mol. The van der Waals surface area contributed by atoms with Gasteiger partial charge in [-0.25, -0.2) is 0 Å². The molecule has 2 amide bonds. The van der Waals surface area contributed by atoms with Gasteiger partial charge in [0.05, 0.1) is 12.7 Å². The highest BCUT2D eigenvalue weighted by atomic mass is 16.5. The maximum absolute atomic E-state index is 11.7. The van der Waals surface area contributed by atoms with Crippen LogP contribution in [0.1, 0.15) is 17.3 Å². The first kappa shape index (κ1) is 12.8. The fourth-order valence-electron chi connectivity index (χ4n) is 1.22. The monoisotopic (exact) mass is 238 g/mol. The summed E-state index contributed by atoms with van der Waals surface area (Å²) in [7, 11) is 1.38. The molecule has 0 aliphatic rings. The summed E-state index contributed by atoms with van der Waals surface area (Å²) in [5.41, 5.74) is 5.04. The fourth-order valence-corrected chi connectivity index (χ4v) is 1.22. The normalized spacial score (nSPS) is 11.6. The summed E-state index contributed by atoms with van der Waals surface area (Å²) in [4.78, 5) is 22.5. The minimum absolute atomic E-state index is 0.0254. The van der Waals surface area contributed by atoms with Crippen molar-refractivity contribution in [3.8, 4) is 11.5 Å². The highest BCUT2D eigenvalue weighted by Gasteiger charge is 2.18. The third-order valence-corrected chi connectivity index (χ3v) is 2.24. The first-order valence-electron chi connectivity index (χ1n) is 4.93. The molecule has 0 bridgehead atoms. The highest BCUT2D eigenvalue weighted by Crippen LogP contribution is 2.29. The van der Waals surface area contributed by atoms with E-state index in [2.05, 4.69) is 5.32 Å². The molecule has 6 nitrogen and oxygen atoms in total. The van der Waals surface area contributed by atoms with E-state index >= 15 is 0 Å². The van der Waals surface area contributed by atoms with Crippen LogP contribution in [0.15, 0.2) is 18.2 Å². The van der Waals surface area contributed by atoms with E-state index in [0.29, 0.717) is 0 Å². The summed E-state index contributed by atoms with van der Waals surface area (Å²) >= 11 is 0. The van der Waals surface area contributed by atoms with Gasteiger partial charge in [-0.3, -0.25) is 9.59 Å². The van der Waals surface area contributed by atoms with Crippen molar-refractivity contribution in [1.29, 1.82) is 0 Å². The third kappa shape index (κ3) is 2.87. The second-order valence-electron chi connectivity index (χ2n) is 3.45. The van der Waals surface area contributed by atoms with Crippen molar-refractivity contribution in [2.75, 3.05) is 7.11 Å². The number of hydrogen-bond acceptors (Lipinski definition) is 4. The first-order valence-corrected chi connectivity index (χ1v) is 4.93. The first-order chi connectivity index (χ1) is 7.97. The molecular formula is C11H14N2O4. The summed E-state index contributed by atoms with van der Waals surface area (Å²) in [5.74, 6) is -1.33. The predicted molar refractivity (Wildman–Crippen MR) is 60.8 cm³/mol. The fraction of sp³-hybridized carbons (Fsp3) is 0.273. The van der Waals surface area contributed by atoms with Crippen LogP contribution in [0, 0.1) is 0 Å². The molecule has 1 atom stereocenters. The molecule has 0 aromatic heterocycles. The molecule has 0 aliphatic carbocycles. The van der Waals surface area contributed by atoms with Crippen LogP contribution in [0.4, 0.5) is 0 Å². The van der Waals surface area contributed by atoms with Gasteiger partial charge >= 0.3 is 0 Å². The van der Waals surface area contributed by atoms with E-state index in [9.17, 15) is 14.7 Å². The van der Waals surface area contributed by atoms with Crippen LogP contribution in [-0.2, 0) is 4.79 Å². The average Bonchev–Trinajstić information content (AvgIpc) is 2.28. The molecule has 0 spiro atoms. The number of ether oxygens (including phenoxy) is 1. The molecule has 1 aromatic rings. The molecule has 6 heteroatoms. The maximum atomic E-state index is 11.7. The van der Waals surface area contributed by atoms with Crippen molar-refractivity contribution in [2.45, 2.75) is 13.0 Å². The lowest BCUT2D eigenvalue weighted by molar-refractivity contribution is -0.119. The van der Waals surface area contributed by atoms with Gasteiger partial charge in [0.2, 0.25) is 5.91 Å². The van der Waals surface area contributed by atoms with Crippen molar-refractivity contribution < 1.29 is 19.4 Å². The summed E-state index contributed by atoms with van der Waals surface area (Å²) in [6.45, 7) is 1.46. The Morgan fingerprint density at radius 3 is 2.65 bits per heavy atom. The van der Waals surface area contributed by atoms with Gasteiger partial charge in [-0.15, -0.1) is 0 Å². The van der Waals surface area contributed by atoms with E-state index in [1.807, 2.05) is 0 Å². The van der Waals surface area contributed by atoms with Crippen LogP contribution in [0.25, 0.3) is 0 Å². The zero-order valence-corrected chi connectivity index (χ0v) is 9.56. The number of hydrogen-bond donors (Lipinski definition) is 3. The van der Waals surface area contributed by atoms with Crippen LogP contribution in [0.3, 0.4) is 0 Å². The van der Waals surface area contributed by atoms with Gasteiger partial charge in [0.15, 0.2) is 11.5 Å². The topological polar surface area (TPSA) is 102 Å². The molecule has 1 unspecified atom stereocenters. The second kappa shape index (κ2) is 5.20. The average molecular weight is 238 g/mol. The summed E-state index contributed by atoms with van der Waals surface area (Å²) in [6.07, 6.45) is 0. The third-order valence-electron chi connectivity index (χ3n) is 2.24. The molecule has 0 fully saturated rings. The Hall–Kier alpha value is -2.24. The van der Waals surface area contributed by atoms with Gasteiger partial charge in [-0.05, 0) is 19.1 Å². The van der Waals surface area contributed by atoms with Gasteiger partial charge in [-0.2, -0.15) is 0 Å². The number of rotatable bonds is 4. The molecule has 17 heavy (non-hydrogen) atoms. The number of carbonyl (C=O) groups is 2. The highest BCUT2D eigenvalue weighted by molar-refractivity contribution is 5.99. The van der Waals surface area contributed by atoms with Gasteiger partial charge in [0.1, 0.15) is 6.04 Å². The van der Waals surface area contributed by atoms with E-state index < -0.39 is 17.9 Å². The summed E-state index contributed by atoms with van der Waals surface area (Å²) in [6, 6.07) is 3.68. The lowest BCUT2D eigenvalue weighted by Crippen LogP contribution is -2.42. The van der Waals surface area contributed by atoms with Gasteiger partial charge < -0.3 is 20.9 Å². The largest absolute Gasteiger partial charge is 0.504 e. The van der Waals surface area contributed by atoms with Crippen molar-refractivity contribution >= 4 is 11.8 Å². The van der Waals surface area contributed by atoms with Gasteiger partial charge in [0, 0.05) is 0 Å². The quantitative estimate of drug-likeness (QED) is 0.687. The second-order valence-corrected chi connectivity index (χ2v) is 3.45. The summed E-state index contributed by atoms with van der Waals surface area (Å²) < 4.78 is 4.87. The number of carbonyl (C=O) groups excluding carboxylic acids is 2. The van der Waals surface area contributed by atoms with Crippen LogP contribution in [-0.4, -0.2) is 30.1 Å². The van der Waals surface area contributed by atoms with Crippen molar-refractivity contribution in [1.82, 2.24) is 5.32 Å². The SMILES string of the molecule is COc1cccc(C(=O)NC(C)C(N)=O)c1O. The number of nitrogens with one attached hydrogen (secondary N) is 1. The molecule has 0 saturated heterocycles. The Morgan fingerprint density at radius 1 is 1.47 bits per heavy atom. The molecule has 1 rings (SSSR count). The zero-order valence-electron chi connectivity index (χ0n) is 9.56. The van der Waals surface area contributed by atoms with Crippen LogP contribution in [0.2, 0.25) is 0 Å². The number of phenolic OH excluding ortho intramolecular Hbond substituents is 1. The predicted octanol–water partition coefficient (Wildman–Crippen LogP) is 0.00440. The summed E-state index contributed by atoms with van der Waals surface area (Å²) in [5, 5.41) is 12.1. The Morgan fingerprint density at radius 2 is 2.12 bits per heavy atom. The standard InChI is InChI=1S/C11H14N2O4/c1-6(10(12)15)13-11(16)7-4-3-5-8(17-2)9(7)14/h3-6,14H,1-2H3,(H2,12,15)(H,13,16). The number of nitrogens with two attached hydrogens (primary N) is 1. The Bertz CT molecular complexity index is 445. The van der Waals surface area contributed by atoms with Crippen molar-refractivity contribution in [2.24, 2.45) is 5.73 Å². The van der Waals surface area contributed by atoms with E-state index in [4.69, 9.17) is 10.5 Å². The molecule has 92 valence electrons. The van der Waals surface area contributed by atoms with Crippen molar-refractivity contribution in [3.05, 3.63) is 23.8 Å². The minimum Gasteiger partial charge on any atom is -0.504 e. The molecule has 0 saturated carbocycles. The number of primary amides is 1. The van der Waals surface area contributed by atoms with E-state index in [1.165, 1.54) is 26.2 Å². The van der Waals surface area contributed by atoms with Crippen molar-refractivity contribution in [3.63, 3.8) is 0 Å². The molecule has 4 N–H and O–H groups in total.